The lowest BCUT2D eigenvalue weighted by Gasteiger charge is -2.13. The van der Waals surface area contributed by atoms with Crippen molar-refractivity contribution >= 4 is 58.3 Å². The fraction of sp³-hybridized carbons (Fsp3) is 0.750. The molecule has 0 aromatic carbocycles. The Morgan fingerprint density at radius 1 is 0.867 bits per heavy atom. The highest BCUT2D eigenvalue weighted by Gasteiger charge is 2.29. The molecule has 88 valence electrons. The topological polar surface area (TPSA) is 43.4 Å². The first-order valence-corrected chi connectivity index (χ1v) is 5.83. The Morgan fingerprint density at radius 2 is 1.13 bits per heavy atom. The summed E-state index contributed by atoms with van der Waals surface area (Å²) in [6, 6.07) is 0. The van der Waals surface area contributed by atoms with Crippen molar-refractivity contribution in [1.29, 1.82) is 0 Å². The van der Waals surface area contributed by atoms with E-state index in [1.54, 1.807) is 0 Å². The quantitative estimate of drug-likeness (QED) is 0.455. The first kappa shape index (κ1) is 15.3. The van der Waals surface area contributed by atoms with Gasteiger partial charge in [-0.3, -0.25) is 0 Å². The van der Waals surface area contributed by atoms with Gasteiger partial charge >= 0.3 is 11.9 Å². The van der Waals surface area contributed by atoms with Crippen LogP contribution in [0.3, 0.4) is 0 Å². The third-order valence-corrected chi connectivity index (χ3v) is 3.33. The summed E-state index contributed by atoms with van der Waals surface area (Å²) in [6.45, 7) is 3.01. The van der Waals surface area contributed by atoms with Crippen molar-refractivity contribution in [1.82, 2.24) is 0 Å². The Balaban J connectivity index is 4.25. The van der Waals surface area contributed by atoms with E-state index in [-0.39, 0.29) is 0 Å². The number of carbonyl (C=O) groups is 2. The molecule has 0 heterocycles. The fourth-order valence-electron chi connectivity index (χ4n) is 0.587. The van der Waals surface area contributed by atoms with E-state index in [1.165, 1.54) is 13.8 Å². The first-order chi connectivity index (χ1) is 6.77. The molecule has 0 amide bonds. The van der Waals surface area contributed by atoms with Crippen LogP contribution in [0.5, 0.6) is 0 Å². The van der Waals surface area contributed by atoms with E-state index < -0.39 is 33.4 Å². The molecule has 0 aromatic heterocycles. The molecule has 0 saturated carbocycles. The highest BCUT2D eigenvalue weighted by Crippen LogP contribution is 2.15. The van der Waals surface area contributed by atoms with Crippen LogP contribution in [-0.4, -0.2) is 33.4 Å². The minimum Gasteiger partial charge on any atom is -0.391 e. The summed E-state index contributed by atoms with van der Waals surface area (Å²) >= 11 is 22.2. The first-order valence-electron chi connectivity index (χ1n) is 4.09. The van der Waals surface area contributed by atoms with Crippen molar-refractivity contribution in [2.45, 2.75) is 35.4 Å². The summed E-state index contributed by atoms with van der Waals surface area (Å²) in [4.78, 5) is 22.3. The Labute approximate surface area is 108 Å². The van der Waals surface area contributed by atoms with Crippen molar-refractivity contribution < 1.29 is 14.3 Å². The molecule has 0 spiro atoms. The summed E-state index contributed by atoms with van der Waals surface area (Å²) in [6.07, 6.45) is 0. The van der Waals surface area contributed by atoms with Gasteiger partial charge in [0.1, 0.15) is 10.8 Å². The van der Waals surface area contributed by atoms with Crippen LogP contribution in [-0.2, 0) is 14.3 Å². The number of hydrogen-bond donors (Lipinski definition) is 0. The third-order valence-electron chi connectivity index (χ3n) is 1.46. The molecule has 0 bridgehead atoms. The minimum atomic E-state index is -1.09. The molecule has 0 aliphatic carbocycles. The van der Waals surface area contributed by atoms with Crippen LogP contribution in [0.2, 0.25) is 0 Å². The SMILES string of the molecule is CC(Cl)C(Cl)C(=O)OC(=O)C(Cl)C(C)Cl. The Bertz CT molecular complexity index is 218. The van der Waals surface area contributed by atoms with E-state index in [9.17, 15) is 9.59 Å². The maximum absolute atomic E-state index is 11.2. The lowest BCUT2D eigenvalue weighted by atomic mass is 10.3. The zero-order chi connectivity index (χ0) is 12.2. The average Bonchev–Trinajstić information content (AvgIpc) is 2.14. The van der Waals surface area contributed by atoms with Gasteiger partial charge in [-0.05, 0) is 13.8 Å². The summed E-state index contributed by atoms with van der Waals surface area (Å²) in [5.74, 6) is -1.85. The Kier molecular flexibility index (Phi) is 6.93. The molecule has 0 fully saturated rings. The molecule has 4 atom stereocenters. The highest BCUT2D eigenvalue weighted by atomic mass is 35.5. The molecule has 0 rings (SSSR count). The van der Waals surface area contributed by atoms with Crippen LogP contribution in [0.4, 0.5) is 0 Å². The normalized spacial score (nSPS) is 18.8. The molecule has 0 saturated heterocycles. The van der Waals surface area contributed by atoms with E-state index >= 15 is 0 Å². The number of esters is 2. The molecule has 0 aromatic rings. The van der Waals surface area contributed by atoms with Crippen LogP contribution in [0.25, 0.3) is 0 Å². The second-order valence-electron chi connectivity index (χ2n) is 2.90. The smallest absolute Gasteiger partial charge is 0.333 e. The molecule has 0 N–H and O–H groups in total. The number of rotatable bonds is 4. The van der Waals surface area contributed by atoms with Gasteiger partial charge in [0, 0.05) is 0 Å². The van der Waals surface area contributed by atoms with Crippen LogP contribution < -0.4 is 0 Å². The maximum Gasteiger partial charge on any atom is 0.333 e. The van der Waals surface area contributed by atoms with Gasteiger partial charge in [0.2, 0.25) is 0 Å². The lowest BCUT2D eigenvalue weighted by molar-refractivity contribution is -0.159. The van der Waals surface area contributed by atoms with Crippen LogP contribution in [0, 0.1) is 0 Å². The summed E-state index contributed by atoms with van der Waals surface area (Å²) < 4.78 is 4.39. The Morgan fingerprint density at radius 3 is 1.33 bits per heavy atom. The van der Waals surface area contributed by atoms with Gasteiger partial charge in [0.15, 0.2) is 0 Å². The molecule has 0 aliphatic heterocycles. The van der Waals surface area contributed by atoms with Crippen molar-refractivity contribution in [3.8, 4) is 0 Å². The summed E-state index contributed by atoms with van der Waals surface area (Å²) in [7, 11) is 0. The predicted molar refractivity (Wildman–Crippen MR) is 61.0 cm³/mol. The highest BCUT2D eigenvalue weighted by molar-refractivity contribution is 6.39. The van der Waals surface area contributed by atoms with Crippen LogP contribution in [0.1, 0.15) is 13.8 Å². The maximum atomic E-state index is 11.2. The molecule has 7 heteroatoms. The molecule has 15 heavy (non-hydrogen) atoms. The molecule has 3 nitrogen and oxygen atoms in total. The summed E-state index contributed by atoms with van der Waals surface area (Å²) in [5, 5.41) is -3.47. The van der Waals surface area contributed by atoms with Crippen LogP contribution in [0.15, 0.2) is 0 Å². The molecular formula is C8H10Cl4O3. The lowest BCUT2D eigenvalue weighted by Crippen LogP contribution is -2.33. The van der Waals surface area contributed by atoms with E-state index in [2.05, 4.69) is 4.74 Å². The zero-order valence-electron chi connectivity index (χ0n) is 8.05. The van der Waals surface area contributed by atoms with Crippen molar-refractivity contribution in [3.05, 3.63) is 0 Å². The van der Waals surface area contributed by atoms with Crippen molar-refractivity contribution in [2.24, 2.45) is 0 Å². The van der Waals surface area contributed by atoms with Crippen molar-refractivity contribution in [2.75, 3.05) is 0 Å². The van der Waals surface area contributed by atoms with Gasteiger partial charge < -0.3 is 4.74 Å². The standard InChI is InChI=1S/C8H10Cl4O3/c1-3(9)5(11)7(13)15-8(14)6(12)4(2)10/h3-6H,1-2H3. The number of hydrogen-bond acceptors (Lipinski definition) is 3. The largest absolute Gasteiger partial charge is 0.391 e. The van der Waals surface area contributed by atoms with E-state index in [1.807, 2.05) is 0 Å². The Hall–Kier alpha value is 0.300. The minimum absolute atomic E-state index is 0.644. The number of halogens is 4. The van der Waals surface area contributed by atoms with Gasteiger partial charge in [0.05, 0.1) is 10.8 Å². The van der Waals surface area contributed by atoms with Gasteiger partial charge in [-0.25, -0.2) is 9.59 Å². The zero-order valence-corrected chi connectivity index (χ0v) is 11.1. The average molecular weight is 296 g/mol. The third kappa shape index (κ3) is 5.25. The van der Waals surface area contributed by atoms with Gasteiger partial charge in [-0.15, -0.1) is 46.4 Å². The number of alkyl halides is 4. The van der Waals surface area contributed by atoms with Crippen LogP contribution >= 0.6 is 46.4 Å². The molecular weight excluding hydrogens is 286 g/mol. The van der Waals surface area contributed by atoms with Gasteiger partial charge in [-0.1, -0.05) is 0 Å². The van der Waals surface area contributed by atoms with Crippen molar-refractivity contribution in [3.63, 3.8) is 0 Å². The van der Waals surface area contributed by atoms with Gasteiger partial charge in [-0.2, -0.15) is 0 Å². The second-order valence-corrected chi connectivity index (χ2v) is 5.22. The van der Waals surface area contributed by atoms with Gasteiger partial charge in [0.25, 0.3) is 0 Å². The van der Waals surface area contributed by atoms with E-state index in [4.69, 9.17) is 46.4 Å². The van der Waals surface area contributed by atoms with E-state index in [0.717, 1.165) is 0 Å². The molecule has 0 radical (unpaired) electrons. The monoisotopic (exact) mass is 294 g/mol. The molecule has 4 unspecified atom stereocenters. The number of carbonyl (C=O) groups excluding carboxylic acids is 2. The number of ether oxygens (including phenoxy) is 1. The summed E-state index contributed by atoms with van der Waals surface area (Å²) in [5.41, 5.74) is 0. The molecule has 0 aliphatic rings. The van der Waals surface area contributed by atoms with E-state index in [0.29, 0.717) is 0 Å². The second kappa shape index (κ2) is 6.79. The predicted octanol–water partition coefficient (Wildman–Crippen LogP) is 2.53. The fourth-order valence-corrected chi connectivity index (χ4v) is 0.882.